The highest BCUT2D eigenvalue weighted by atomic mass is 16.5. The number of nitrogens with one attached hydrogen (secondary N) is 1. The lowest BCUT2D eigenvalue weighted by atomic mass is 10.0. The molecule has 6 nitrogen and oxygen atoms in total. The van der Waals surface area contributed by atoms with Crippen molar-refractivity contribution >= 4 is 5.91 Å². The number of likely N-dealkylation sites (N-methyl/N-ethyl adjacent to an activating group) is 1. The zero-order valence-electron chi connectivity index (χ0n) is 12.0. The summed E-state index contributed by atoms with van der Waals surface area (Å²) in [6, 6.07) is 7.71. The summed E-state index contributed by atoms with van der Waals surface area (Å²) in [7, 11) is 1.94. The van der Waals surface area contributed by atoms with E-state index < -0.39 is 0 Å². The highest BCUT2D eigenvalue weighted by Crippen LogP contribution is 2.18. The van der Waals surface area contributed by atoms with Crippen LogP contribution < -0.4 is 5.32 Å². The normalized spacial score (nSPS) is 18.7. The summed E-state index contributed by atoms with van der Waals surface area (Å²) in [5.74, 6) is 0.608. The first-order chi connectivity index (χ1) is 10.3. The number of piperidine rings is 1. The van der Waals surface area contributed by atoms with E-state index in [2.05, 4.69) is 15.5 Å². The Morgan fingerprint density at radius 1 is 1.38 bits per heavy atom. The quantitative estimate of drug-likeness (QED) is 0.927. The van der Waals surface area contributed by atoms with Gasteiger partial charge in [-0.15, -0.1) is 0 Å². The van der Waals surface area contributed by atoms with Crippen molar-refractivity contribution in [3.05, 3.63) is 36.2 Å². The molecule has 0 spiro atoms. The van der Waals surface area contributed by atoms with Crippen LogP contribution in [0.1, 0.15) is 23.2 Å². The van der Waals surface area contributed by atoms with Crippen LogP contribution in [0.25, 0.3) is 11.4 Å². The molecule has 1 aliphatic rings. The monoisotopic (exact) mass is 286 g/mol. The first-order valence-electron chi connectivity index (χ1n) is 7.11. The van der Waals surface area contributed by atoms with Gasteiger partial charge >= 0.3 is 0 Å². The van der Waals surface area contributed by atoms with E-state index in [4.69, 9.17) is 4.52 Å². The maximum absolute atomic E-state index is 12.5. The Balaban J connectivity index is 1.73. The smallest absolute Gasteiger partial charge is 0.253 e. The number of likely N-dealkylation sites (tertiary alicyclic amines) is 1. The topological polar surface area (TPSA) is 71.3 Å². The highest BCUT2D eigenvalue weighted by molar-refractivity contribution is 5.94. The summed E-state index contributed by atoms with van der Waals surface area (Å²) in [6.45, 7) is 1.59. The summed E-state index contributed by atoms with van der Waals surface area (Å²) < 4.78 is 4.72. The Morgan fingerprint density at radius 2 is 2.19 bits per heavy atom. The third-order valence-corrected chi connectivity index (χ3v) is 3.87. The van der Waals surface area contributed by atoms with Gasteiger partial charge in [0.15, 0.2) is 0 Å². The third kappa shape index (κ3) is 2.95. The maximum Gasteiger partial charge on any atom is 0.253 e. The molecule has 1 N–H and O–H groups in total. The molecule has 1 aliphatic heterocycles. The van der Waals surface area contributed by atoms with E-state index in [1.165, 1.54) is 6.39 Å². The van der Waals surface area contributed by atoms with Gasteiger partial charge in [-0.3, -0.25) is 4.79 Å². The van der Waals surface area contributed by atoms with Gasteiger partial charge in [0.25, 0.3) is 5.91 Å². The van der Waals surface area contributed by atoms with E-state index in [1.54, 1.807) is 0 Å². The van der Waals surface area contributed by atoms with Crippen molar-refractivity contribution in [2.24, 2.45) is 0 Å². The van der Waals surface area contributed by atoms with E-state index >= 15 is 0 Å². The van der Waals surface area contributed by atoms with Crippen molar-refractivity contribution in [1.82, 2.24) is 20.4 Å². The molecular weight excluding hydrogens is 268 g/mol. The SMILES string of the molecule is CN[C@@H]1CCCN(C(=O)c2ccc(-c3ncon3)cc2)C1. The molecule has 1 aromatic carbocycles. The van der Waals surface area contributed by atoms with Crippen LogP contribution in [-0.2, 0) is 0 Å². The van der Waals surface area contributed by atoms with Crippen molar-refractivity contribution < 1.29 is 9.32 Å². The summed E-state index contributed by atoms with van der Waals surface area (Å²) in [5.41, 5.74) is 1.53. The van der Waals surface area contributed by atoms with Gasteiger partial charge in [0.2, 0.25) is 12.2 Å². The molecule has 3 rings (SSSR count). The molecule has 0 unspecified atom stereocenters. The zero-order chi connectivity index (χ0) is 14.7. The minimum absolute atomic E-state index is 0.0783. The fraction of sp³-hybridized carbons (Fsp3) is 0.400. The van der Waals surface area contributed by atoms with Gasteiger partial charge in [0, 0.05) is 30.3 Å². The van der Waals surface area contributed by atoms with Gasteiger partial charge in [-0.05, 0) is 32.0 Å². The van der Waals surface area contributed by atoms with Gasteiger partial charge in [-0.1, -0.05) is 17.3 Å². The molecule has 0 saturated carbocycles. The van der Waals surface area contributed by atoms with Gasteiger partial charge in [0.05, 0.1) is 0 Å². The fourth-order valence-electron chi connectivity index (χ4n) is 2.64. The summed E-state index contributed by atoms with van der Waals surface area (Å²) in [5, 5.41) is 7.03. The fourth-order valence-corrected chi connectivity index (χ4v) is 2.64. The zero-order valence-corrected chi connectivity index (χ0v) is 12.0. The molecule has 0 radical (unpaired) electrons. The minimum atomic E-state index is 0.0783. The second kappa shape index (κ2) is 6.05. The van der Waals surface area contributed by atoms with Crippen LogP contribution in [0.2, 0.25) is 0 Å². The van der Waals surface area contributed by atoms with E-state index in [-0.39, 0.29) is 5.91 Å². The first kappa shape index (κ1) is 13.8. The molecule has 2 heterocycles. The van der Waals surface area contributed by atoms with Gasteiger partial charge < -0.3 is 14.7 Å². The van der Waals surface area contributed by atoms with Crippen LogP contribution in [0.4, 0.5) is 0 Å². The lowest BCUT2D eigenvalue weighted by Gasteiger charge is -2.32. The Morgan fingerprint density at radius 3 is 2.86 bits per heavy atom. The van der Waals surface area contributed by atoms with Crippen LogP contribution in [0.15, 0.2) is 35.2 Å². The Labute approximate surface area is 123 Å². The molecule has 21 heavy (non-hydrogen) atoms. The molecule has 1 amide bonds. The molecule has 0 aliphatic carbocycles. The molecule has 1 atom stereocenters. The predicted molar refractivity (Wildman–Crippen MR) is 77.7 cm³/mol. The summed E-state index contributed by atoms with van der Waals surface area (Å²) in [4.78, 5) is 18.4. The standard InChI is InChI=1S/C15H18N4O2/c1-16-13-3-2-8-19(9-13)15(20)12-6-4-11(5-7-12)14-17-10-21-18-14/h4-7,10,13,16H,2-3,8-9H2,1H3/t13-/m1/s1. The average Bonchev–Trinajstić information content (AvgIpc) is 3.09. The van der Waals surface area contributed by atoms with Crippen LogP contribution in [0.3, 0.4) is 0 Å². The highest BCUT2D eigenvalue weighted by Gasteiger charge is 2.23. The molecule has 2 aromatic rings. The summed E-state index contributed by atoms with van der Waals surface area (Å²) >= 11 is 0. The van der Waals surface area contributed by atoms with Crippen LogP contribution in [0, 0.1) is 0 Å². The second-order valence-electron chi connectivity index (χ2n) is 5.21. The van der Waals surface area contributed by atoms with Crippen molar-refractivity contribution in [3.63, 3.8) is 0 Å². The number of hydrogen-bond acceptors (Lipinski definition) is 5. The molecule has 1 fully saturated rings. The largest absolute Gasteiger partial charge is 0.342 e. The Bertz CT molecular complexity index is 595. The van der Waals surface area contributed by atoms with Crippen molar-refractivity contribution in [1.29, 1.82) is 0 Å². The molecule has 1 saturated heterocycles. The molecular formula is C15H18N4O2. The van der Waals surface area contributed by atoms with E-state index in [9.17, 15) is 4.79 Å². The van der Waals surface area contributed by atoms with Crippen molar-refractivity contribution in [3.8, 4) is 11.4 Å². The second-order valence-corrected chi connectivity index (χ2v) is 5.21. The number of carbonyl (C=O) groups is 1. The molecule has 1 aromatic heterocycles. The predicted octanol–water partition coefficient (Wildman–Crippen LogP) is 1.56. The van der Waals surface area contributed by atoms with Crippen LogP contribution in [0.5, 0.6) is 0 Å². The van der Waals surface area contributed by atoms with Crippen molar-refractivity contribution in [2.75, 3.05) is 20.1 Å². The molecule has 0 bridgehead atoms. The maximum atomic E-state index is 12.5. The number of hydrogen-bond donors (Lipinski definition) is 1. The van der Waals surface area contributed by atoms with Crippen LogP contribution >= 0.6 is 0 Å². The van der Waals surface area contributed by atoms with Gasteiger partial charge in [-0.25, -0.2) is 0 Å². The molecule has 6 heteroatoms. The van der Waals surface area contributed by atoms with Crippen LogP contribution in [-0.4, -0.2) is 47.1 Å². The number of aromatic nitrogens is 2. The third-order valence-electron chi connectivity index (χ3n) is 3.87. The van der Waals surface area contributed by atoms with Gasteiger partial charge in [0.1, 0.15) is 0 Å². The van der Waals surface area contributed by atoms with Gasteiger partial charge in [-0.2, -0.15) is 4.98 Å². The number of nitrogens with zero attached hydrogens (tertiary/aromatic N) is 3. The summed E-state index contributed by atoms with van der Waals surface area (Å²) in [6.07, 6.45) is 3.45. The van der Waals surface area contributed by atoms with E-state index in [0.29, 0.717) is 17.4 Å². The van der Waals surface area contributed by atoms with E-state index in [1.807, 2.05) is 36.2 Å². The lowest BCUT2D eigenvalue weighted by Crippen LogP contribution is -2.46. The average molecular weight is 286 g/mol. The Kier molecular flexibility index (Phi) is 3.96. The number of amides is 1. The lowest BCUT2D eigenvalue weighted by molar-refractivity contribution is 0.0698. The Hall–Kier alpha value is -2.21. The van der Waals surface area contributed by atoms with Crippen molar-refractivity contribution in [2.45, 2.75) is 18.9 Å². The number of rotatable bonds is 3. The molecule has 110 valence electrons. The number of carbonyl (C=O) groups excluding carboxylic acids is 1. The number of benzene rings is 1. The first-order valence-corrected chi connectivity index (χ1v) is 7.11. The minimum Gasteiger partial charge on any atom is -0.342 e. The van der Waals surface area contributed by atoms with E-state index in [0.717, 1.165) is 31.5 Å².